The molecule has 0 aliphatic carbocycles. The summed E-state index contributed by atoms with van der Waals surface area (Å²) in [5, 5.41) is 0. The van der Waals surface area contributed by atoms with Crippen LogP contribution in [0.15, 0.2) is 11.8 Å². The molecule has 0 spiro atoms. The van der Waals surface area contributed by atoms with Gasteiger partial charge in [0.05, 0.1) is 0 Å². The van der Waals surface area contributed by atoms with Crippen molar-refractivity contribution < 1.29 is 20.4 Å². The standard InChI is InChI=1S/C4H8N.Re/c1-3-4(2)5;/h3,5H,1-2H3;/q-1;. The Bertz CT molecular complexity index is 45.5. The van der Waals surface area contributed by atoms with Crippen molar-refractivity contribution in [1.82, 2.24) is 0 Å². The SMILES string of the molecule is CC=C(C)[NH-].[Re]. The summed E-state index contributed by atoms with van der Waals surface area (Å²) in [6, 6.07) is 0. The second-order valence-electron chi connectivity index (χ2n) is 0.972. The third kappa shape index (κ3) is 8.88. The third-order valence-electron chi connectivity index (χ3n) is 0.433. The first-order valence-corrected chi connectivity index (χ1v) is 1.62. The first-order chi connectivity index (χ1) is 2.27. The van der Waals surface area contributed by atoms with E-state index in [0.717, 1.165) is 0 Å². The summed E-state index contributed by atoms with van der Waals surface area (Å²) in [6.07, 6.45) is 1.75. The second kappa shape index (κ2) is 5.20. The minimum atomic E-state index is 0. The molecule has 0 saturated carbocycles. The molecule has 1 N–H and O–H groups in total. The number of allylic oxidation sites excluding steroid dienone is 2. The molecule has 0 aromatic rings. The Labute approximate surface area is 52.3 Å². The molecule has 0 aromatic heterocycles. The van der Waals surface area contributed by atoms with Gasteiger partial charge in [0.1, 0.15) is 0 Å². The summed E-state index contributed by atoms with van der Waals surface area (Å²) in [7, 11) is 0. The molecule has 0 bridgehead atoms. The van der Waals surface area contributed by atoms with Crippen molar-refractivity contribution in [2.24, 2.45) is 0 Å². The monoisotopic (exact) mass is 257 g/mol. The minimum Gasteiger partial charge on any atom is -0.703 e. The molecule has 0 rings (SSSR count). The van der Waals surface area contributed by atoms with Crippen LogP contribution in [0.3, 0.4) is 0 Å². The van der Waals surface area contributed by atoms with Crippen LogP contribution in [-0.2, 0) is 20.4 Å². The number of hydrogen-bond donors (Lipinski definition) is 0. The Hall–Kier alpha value is 0.202. The van der Waals surface area contributed by atoms with Crippen molar-refractivity contribution in [2.75, 3.05) is 0 Å². The third-order valence-corrected chi connectivity index (χ3v) is 0.433. The van der Waals surface area contributed by atoms with Gasteiger partial charge in [0.25, 0.3) is 0 Å². The van der Waals surface area contributed by atoms with Crippen molar-refractivity contribution >= 4 is 0 Å². The van der Waals surface area contributed by atoms with E-state index in [2.05, 4.69) is 0 Å². The normalized spacial score (nSPS) is 10.0. The number of rotatable bonds is 0. The fourth-order valence-corrected chi connectivity index (χ4v) is 0. The first kappa shape index (κ1) is 9.51. The van der Waals surface area contributed by atoms with Crippen LogP contribution in [0.1, 0.15) is 13.8 Å². The summed E-state index contributed by atoms with van der Waals surface area (Å²) in [5.74, 6) is 0. The van der Waals surface area contributed by atoms with Crippen molar-refractivity contribution in [2.45, 2.75) is 13.8 Å². The van der Waals surface area contributed by atoms with E-state index in [4.69, 9.17) is 5.73 Å². The van der Waals surface area contributed by atoms with Gasteiger partial charge < -0.3 is 5.73 Å². The van der Waals surface area contributed by atoms with E-state index in [0.29, 0.717) is 5.70 Å². The summed E-state index contributed by atoms with van der Waals surface area (Å²) in [4.78, 5) is 0. The molecule has 0 aliphatic heterocycles. The topological polar surface area (TPSA) is 23.8 Å². The molecule has 0 atom stereocenters. The van der Waals surface area contributed by atoms with Crippen LogP contribution >= 0.6 is 0 Å². The van der Waals surface area contributed by atoms with Crippen LogP contribution in [0.2, 0.25) is 0 Å². The molecule has 37 valence electrons. The molecule has 6 heavy (non-hydrogen) atoms. The van der Waals surface area contributed by atoms with Gasteiger partial charge >= 0.3 is 0 Å². The van der Waals surface area contributed by atoms with Crippen LogP contribution in [0, 0.1) is 0 Å². The maximum absolute atomic E-state index is 6.69. The van der Waals surface area contributed by atoms with Gasteiger partial charge in [0.15, 0.2) is 0 Å². The van der Waals surface area contributed by atoms with Crippen LogP contribution in [-0.4, -0.2) is 0 Å². The summed E-state index contributed by atoms with van der Waals surface area (Å²) >= 11 is 0. The van der Waals surface area contributed by atoms with Gasteiger partial charge in [-0.15, -0.1) is 6.08 Å². The maximum Gasteiger partial charge on any atom is 0 e. The van der Waals surface area contributed by atoms with Gasteiger partial charge in [-0.2, -0.15) is 5.70 Å². The van der Waals surface area contributed by atoms with Crippen LogP contribution < -0.4 is 0 Å². The van der Waals surface area contributed by atoms with E-state index in [1.54, 1.807) is 13.0 Å². The first-order valence-electron chi connectivity index (χ1n) is 1.62. The van der Waals surface area contributed by atoms with E-state index in [-0.39, 0.29) is 20.4 Å². The molecule has 1 radical (unpaired) electrons. The molecule has 0 saturated heterocycles. The Morgan fingerprint density at radius 1 is 1.67 bits per heavy atom. The molecular formula is C4H8NRe-. The van der Waals surface area contributed by atoms with Crippen LogP contribution in [0.25, 0.3) is 5.73 Å². The largest absolute Gasteiger partial charge is 0.703 e. The van der Waals surface area contributed by atoms with E-state index >= 15 is 0 Å². The van der Waals surface area contributed by atoms with Crippen molar-refractivity contribution in [3.63, 3.8) is 0 Å². The zero-order chi connectivity index (χ0) is 4.28. The summed E-state index contributed by atoms with van der Waals surface area (Å²) < 4.78 is 0. The van der Waals surface area contributed by atoms with Gasteiger partial charge in [-0.05, 0) is 6.92 Å². The Kier molecular flexibility index (Phi) is 8.24. The van der Waals surface area contributed by atoms with Crippen molar-refractivity contribution in [3.8, 4) is 0 Å². The van der Waals surface area contributed by atoms with E-state index in [9.17, 15) is 0 Å². The molecular weight excluding hydrogens is 248 g/mol. The van der Waals surface area contributed by atoms with E-state index in [1.807, 2.05) is 6.92 Å². The smallest absolute Gasteiger partial charge is 0 e. The van der Waals surface area contributed by atoms with E-state index in [1.165, 1.54) is 0 Å². The number of nitrogens with one attached hydrogen (secondary N) is 1. The van der Waals surface area contributed by atoms with Crippen molar-refractivity contribution in [3.05, 3.63) is 17.5 Å². The fourth-order valence-electron chi connectivity index (χ4n) is 0. The van der Waals surface area contributed by atoms with Gasteiger partial charge in [0.2, 0.25) is 0 Å². The minimum absolute atomic E-state index is 0. The van der Waals surface area contributed by atoms with Crippen molar-refractivity contribution in [1.29, 1.82) is 0 Å². The molecule has 0 aliphatic rings. The fraction of sp³-hybridized carbons (Fsp3) is 0.500. The van der Waals surface area contributed by atoms with Crippen LogP contribution in [0.4, 0.5) is 0 Å². The zero-order valence-corrected chi connectivity index (χ0v) is 6.67. The molecule has 1 nitrogen and oxygen atoms in total. The molecule has 0 amide bonds. The van der Waals surface area contributed by atoms with E-state index < -0.39 is 0 Å². The van der Waals surface area contributed by atoms with Gasteiger partial charge in [-0.25, -0.2) is 0 Å². The average molecular weight is 256 g/mol. The summed E-state index contributed by atoms with van der Waals surface area (Å²) in [6.45, 7) is 3.60. The number of hydrogen-bond acceptors (Lipinski definition) is 0. The molecule has 0 aromatic carbocycles. The second-order valence-corrected chi connectivity index (χ2v) is 0.972. The molecule has 0 fully saturated rings. The average Bonchev–Trinajstić information content (AvgIpc) is 1.38. The summed E-state index contributed by atoms with van der Waals surface area (Å²) in [5.41, 5.74) is 7.32. The van der Waals surface area contributed by atoms with Gasteiger partial charge in [0, 0.05) is 20.4 Å². The Balaban J connectivity index is 0. The molecule has 0 unspecified atom stereocenters. The quantitative estimate of drug-likeness (QED) is 0.633. The predicted molar refractivity (Wildman–Crippen MR) is 23.8 cm³/mol. The Morgan fingerprint density at radius 3 is 1.83 bits per heavy atom. The molecule has 2 heteroatoms. The maximum atomic E-state index is 6.69. The Morgan fingerprint density at radius 2 is 1.83 bits per heavy atom. The van der Waals surface area contributed by atoms with Gasteiger partial charge in [-0.3, -0.25) is 0 Å². The molecule has 0 heterocycles. The zero-order valence-electron chi connectivity index (χ0n) is 3.96. The van der Waals surface area contributed by atoms with Gasteiger partial charge in [-0.1, -0.05) is 6.92 Å². The predicted octanol–water partition coefficient (Wildman–Crippen LogP) is 1.96. The van der Waals surface area contributed by atoms with Crippen LogP contribution in [0.5, 0.6) is 0 Å².